The van der Waals surface area contributed by atoms with Crippen LogP contribution in [0.2, 0.25) is 0 Å². The number of carbonyl (C=O) groups excluding carboxylic acids is 3. The summed E-state index contributed by atoms with van der Waals surface area (Å²) in [5, 5.41) is 8.96. The lowest BCUT2D eigenvalue weighted by atomic mass is 10.0. The molecule has 7 heteroatoms. The van der Waals surface area contributed by atoms with Gasteiger partial charge in [-0.25, -0.2) is 4.79 Å². The molecular formula is C22H22N2O5. The minimum absolute atomic E-state index is 0.178. The SMILES string of the molecule is CCCCN1C(=O)c2ccc(C(=O)N(C)Cc3ccc(C(=O)O)cc3)cc2C1=O. The van der Waals surface area contributed by atoms with Crippen LogP contribution in [-0.2, 0) is 6.54 Å². The largest absolute Gasteiger partial charge is 0.478 e. The second-order valence-electron chi connectivity index (χ2n) is 7.04. The highest BCUT2D eigenvalue weighted by molar-refractivity contribution is 6.22. The fourth-order valence-corrected chi connectivity index (χ4v) is 3.26. The molecule has 29 heavy (non-hydrogen) atoms. The highest BCUT2D eigenvalue weighted by Gasteiger charge is 2.35. The molecule has 1 aliphatic rings. The maximum absolute atomic E-state index is 12.8. The number of hydrogen-bond acceptors (Lipinski definition) is 4. The van der Waals surface area contributed by atoms with Gasteiger partial charge in [0.1, 0.15) is 0 Å². The summed E-state index contributed by atoms with van der Waals surface area (Å²) in [6.45, 7) is 2.64. The van der Waals surface area contributed by atoms with Crippen molar-refractivity contribution in [3.8, 4) is 0 Å². The summed E-state index contributed by atoms with van der Waals surface area (Å²) in [5.74, 6) is -1.97. The van der Waals surface area contributed by atoms with Gasteiger partial charge in [-0.1, -0.05) is 25.5 Å². The lowest BCUT2D eigenvalue weighted by Gasteiger charge is -2.17. The molecule has 3 amide bonds. The first-order valence-corrected chi connectivity index (χ1v) is 9.41. The number of hydrogen-bond donors (Lipinski definition) is 1. The van der Waals surface area contributed by atoms with Crippen LogP contribution in [0.5, 0.6) is 0 Å². The molecule has 0 unspecified atom stereocenters. The number of aromatic carboxylic acids is 1. The summed E-state index contributed by atoms with van der Waals surface area (Å²) in [5.41, 5.74) is 1.87. The third kappa shape index (κ3) is 4.03. The molecular weight excluding hydrogens is 372 g/mol. The van der Waals surface area contributed by atoms with E-state index in [0.717, 1.165) is 18.4 Å². The monoisotopic (exact) mass is 394 g/mol. The first-order chi connectivity index (χ1) is 13.8. The Kier molecular flexibility index (Phi) is 5.77. The van der Waals surface area contributed by atoms with E-state index in [2.05, 4.69) is 0 Å². The van der Waals surface area contributed by atoms with Gasteiger partial charge in [0.25, 0.3) is 17.7 Å². The normalized spacial score (nSPS) is 12.8. The van der Waals surface area contributed by atoms with Crippen LogP contribution in [0.1, 0.15) is 66.8 Å². The average Bonchev–Trinajstić information content (AvgIpc) is 2.95. The van der Waals surface area contributed by atoms with E-state index >= 15 is 0 Å². The van der Waals surface area contributed by atoms with Crippen LogP contribution >= 0.6 is 0 Å². The van der Waals surface area contributed by atoms with Gasteiger partial charge in [-0.2, -0.15) is 0 Å². The third-order valence-corrected chi connectivity index (χ3v) is 4.92. The molecule has 0 fully saturated rings. The maximum atomic E-state index is 12.8. The van der Waals surface area contributed by atoms with Gasteiger partial charge in [0, 0.05) is 25.7 Å². The summed E-state index contributed by atoms with van der Waals surface area (Å²) in [4.78, 5) is 51.4. The van der Waals surface area contributed by atoms with Crippen molar-refractivity contribution in [1.29, 1.82) is 0 Å². The fourth-order valence-electron chi connectivity index (χ4n) is 3.26. The van der Waals surface area contributed by atoms with Crippen molar-refractivity contribution >= 4 is 23.7 Å². The van der Waals surface area contributed by atoms with Gasteiger partial charge in [-0.3, -0.25) is 19.3 Å². The smallest absolute Gasteiger partial charge is 0.335 e. The van der Waals surface area contributed by atoms with Crippen molar-refractivity contribution in [2.75, 3.05) is 13.6 Å². The number of imide groups is 1. The van der Waals surface area contributed by atoms with Crippen molar-refractivity contribution in [1.82, 2.24) is 9.80 Å². The van der Waals surface area contributed by atoms with E-state index in [9.17, 15) is 19.2 Å². The molecule has 0 aromatic heterocycles. The number of nitrogens with zero attached hydrogens (tertiary/aromatic N) is 2. The molecule has 0 saturated carbocycles. The van der Waals surface area contributed by atoms with Crippen molar-refractivity contribution < 1.29 is 24.3 Å². The van der Waals surface area contributed by atoms with E-state index in [4.69, 9.17) is 5.11 Å². The Hall–Kier alpha value is -3.48. The van der Waals surface area contributed by atoms with Crippen LogP contribution in [-0.4, -0.2) is 52.2 Å². The van der Waals surface area contributed by atoms with Gasteiger partial charge < -0.3 is 10.0 Å². The number of benzene rings is 2. The lowest BCUT2D eigenvalue weighted by Crippen LogP contribution is -2.30. The predicted octanol–water partition coefficient (Wildman–Crippen LogP) is 3.05. The maximum Gasteiger partial charge on any atom is 0.335 e. The van der Waals surface area contributed by atoms with Gasteiger partial charge in [0.05, 0.1) is 16.7 Å². The number of fused-ring (bicyclic) bond motifs is 1. The van der Waals surface area contributed by atoms with E-state index in [1.807, 2.05) is 6.92 Å². The van der Waals surface area contributed by atoms with Crippen LogP contribution in [0.15, 0.2) is 42.5 Å². The number of rotatable bonds is 7. The standard InChI is InChI=1S/C22H22N2O5/c1-3-4-11-24-20(26)17-10-9-16(12-18(17)21(24)27)19(25)23(2)13-14-5-7-15(8-6-14)22(28)29/h5-10,12H,3-4,11,13H2,1-2H3,(H,28,29). The van der Waals surface area contributed by atoms with Crippen LogP contribution in [0.25, 0.3) is 0 Å². The molecule has 3 rings (SSSR count). The van der Waals surface area contributed by atoms with E-state index in [-0.39, 0.29) is 35.4 Å². The molecule has 0 aliphatic carbocycles. The van der Waals surface area contributed by atoms with Gasteiger partial charge in [-0.05, 0) is 42.3 Å². The minimum atomic E-state index is -1.01. The molecule has 2 aromatic rings. The Balaban J connectivity index is 1.75. The van der Waals surface area contributed by atoms with Crippen LogP contribution in [0, 0.1) is 0 Å². The average molecular weight is 394 g/mol. The quantitative estimate of drug-likeness (QED) is 0.729. The van der Waals surface area contributed by atoms with Crippen LogP contribution in [0.4, 0.5) is 0 Å². The summed E-state index contributed by atoms with van der Waals surface area (Å²) < 4.78 is 0. The van der Waals surface area contributed by atoms with Crippen LogP contribution < -0.4 is 0 Å². The Labute approximate surface area is 168 Å². The highest BCUT2D eigenvalue weighted by atomic mass is 16.4. The van der Waals surface area contributed by atoms with Crippen LogP contribution in [0.3, 0.4) is 0 Å². The summed E-state index contributed by atoms with van der Waals surface area (Å²) in [7, 11) is 1.63. The Bertz CT molecular complexity index is 981. The fraction of sp³-hybridized carbons (Fsp3) is 0.273. The first-order valence-electron chi connectivity index (χ1n) is 9.41. The molecule has 0 radical (unpaired) electrons. The summed E-state index contributed by atoms with van der Waals surface area (Å²) in [6.07, 6.45) is 1.61. The lowest BCUT2D eigenvalue weighted by molar-refractivity contribution is 0.0648. The van der Waals surface area contributed by atoms with Gasteiger partial charge in [0.2, 0.25) is 0 Å². The Morgan fingerprint density at radius 1 is 0.966 bits per heavy atom. The molecule has 0 atom stereocenters. The topological polar surface area (TPSA) is 95.0 Å². The van der Waals surface area contributed by atoms with E-state index < -0.39 is 5.97 Å². The van der Waals surface area contributed by atoms with E-state index in [1.165, 1.54) is 34.1 Å². The zero-order valence-electron chi connectivity index (χ0n) is 16.3. The minimum Gasteiger partial charge on any atom is -0.478 e. The number of carbonyl (C=O) groups is 4. The second kappa shape index (κ2) is 8.26. The molecule has 1 heterocycles. The zero-order valence-corrected chi connectivity index (χ0v) is 16.3. The zero-order chi connectivity index (χ0) is 21.1. The van der Waals surface area contributed by atoms with Gasteiger partial charge in [0.15, 0.2) is 0 Å². The van der Waals surface area contributed by atoms with E-state index in [1.54, 1.807) is 25.2 Å². The number of unbranched alkanes of at least 4 members (excludes halogenated alkanes) is 1. The Morgan fingerprint density at radius 2 is 1.59 bits per heavy atom. The summed E-state index contributed by atoms with van der Waals surface area (Å²) >= 11 is 0. The number of carboxylic acids is 1. The predicted molar refractivity (Wildman–Crippen MR) is 106 cm³/mol. The Morgan fingerprint density at radius 3 is 2.21 bits per heavy atom. The van der Waals surface area contributed by atoms with E-state index in [0.29, 0.717) is 17.7 Å². The highest BCUT2D eigenvalue weighted by Crippen LogP contribution is 2.25. The second-order valence-corrected chi connectivity index (χ2v) is 7.04. The number of amides is 3. The van der Waals surface area contributed by atoms with Crippen molar-refractivity contribution in [3.63, 3.8) is 0 Å². The molecule has 0 spiro atoms. The molecule has 1 N–H and O–H groups in total. The molecule has 2 aromatic carbocycles. The number of carboxylic acid groups (broad SMARTS) is 1. The molecule has 1 aliphatic heterocycles. The molecule has 0 saturated heterocycles. The molecule has 0 bridgehead atoms. The summed E-state index contributed by atoms with van der Waals surface area (Å²) in [6, 6.07) is 10.9. The van der Waals surface area contributed by atoms with Crippen molar-refractivity contribution in [2.24, 2.45) is 0 Å². The first kappa shape index (κ1) is 20.3. The van der Waals surface area contributed by atoms with Gasteiger partial charge >= 0.3 is 5.97 Å². The molecule has 150 valence electrons. The van der Waals surface area contributed by atoms with Gasteiger partial charge in [-0.15, -0.1) is 0 Å². The van der Waals surface area contributed by atoms with Crippen molar-refractivity contribution in [2.45, 2.75) is 26.3 Å². The molecule has 7 nitrogen and oxygen atoms in total. The van der Waals surface area contributed by atoms with Crippen molar-refractivity contribution in [3.05, 3.63) is 70.3 Å². The third-order valence-electron chi connectivity index (χ3n) is 4.92.